The molecule has 0 bridgehead atoms. The van der Waals surface area contributed by atoms with Gasteiger partial charge in [-0.15, -0.1) is 0 Å². The predicted octanol–water partition coefficient (Wildman–Crippen LogP) is 10.0. The molecule has 0 heterocycles. The van der Waals surface area contributed by atoms with Crippen LogP contribution < -0.4 is 5.32 Å². The van der Waals surface area contributed by atoms with Crippen molar-refractivity contribution in [3.05, 3.63) is 0 Å². The maximum absolute atomic E-state index is 12.0. The van der Waals surface area contributed by atoms with E-state index in [9.17, 15) is 9.90 Å². The number of aliphatic hydroxyl groups is 1. The second-order valence-corrected chi connectivity index (χ2v) is 11.1. The van der Waals surface area contributed by atoms with Crippen molar-refractivity contribution in [2.75, 3.05) is 6.54 Å². The monoisotopic (exact) mass is 496 g/mol. The van der Waals surface area contributed by atoms with Crippen molar-refractivity contribution in [3.8, 4) is 0 Å². The van der Waals surface area contributed by atoms with E-state index < -0.39 is 0 Å². The van der Waals surface area contributed by atoms with Crippen LogP contribution in [0.15, 0.2) is 0 Å². The minimum atomic E-state index is -0.0715. The highest BCUT2D eigenvalue weighted by molar-refractivity contribution is 5.75. The van der Waals surface area contributed by atoms with Gasteiger partial charge in [0, 0.05) is 13.0 Å². The van der Waals surface area contributed by atoms with E-state index in [1.807, 2.05) is 0 Å². The standard InChI is InChI=1S/C32H65NO2/c1-3-5-6-7-8-9-13-17-20-23-26-29-32(35)33-30-27-24-21-18-15-12-10-11-14-16-19-22-25-28-31(34)4-2/h31,34H,3-30H2,1-2H3,(H,33,35). The Morgan fingerprint density at radius 3 is 1.34 bits per heavy atom. The number of carbonyl (C=O) groups excluding carboxylic acids is 1. The molecule has 1 unspecified atom stereocenters. The van der Waals surface area contributed by atoms with Gasteiger partial charge in [-0.05, 0) is 25.7 Å². The average Bonchev–Trinajstić information content (AvgIpc) is 2.86. The topological polar surface area (TPSA) is 49.3 Å². The molecule has 0 aliphatic heterocycles. The van der Waals surface area contributed by atoms with Gasteiger partial charge >= 0.3 is 0 Å². The summed E-state index contributed by atoms with van der Waals surface area (Å²) in [5.41, 5.74) is 0. The van der Waals surface area contributed by atoms with Crippen LogP contribution >= 0.6 is 0 Å². The van der Waals surface area contributed by atoms with Gasteiger partial charge in [0.15, 0.2) is 0 Å². The van der Waals surface area contributed by atoms with Gasteiger partial charge < -0.3 is 10.4 Å². The van der Waals surface area contributed by atoms with E-state index in [1.165, 1.54) is 141 Å². The first kappa shape index (κ1) is 34.4. The highest BCUT2D eigenvalue weighted by atomic mass is 16.3. The summed E-state index contributed by atoms with van der Waals surface area (Å²) in [6.45, 7) is 5.21. The van der Waals surface area contributed by atoms with Crippen LogP contribution in [-0.4, -0.2) is 23.7 Å². The molecule has 35 heavy (non-hydrogen) atoms. The average molecular weight is 496 g/mol. The quantitative estimate of drug-likeness (QED) is 0.101. The van der Waals surface area contributed by atoms with Crippen LogP contribution in [0.25, 0.3) is 0 Å². The first-order valence-corrected chi connectivity index (χ1v) is 16.2. The lowest BCUT2D eigenvalue weighted by Gasteiger charge is -2.07. The van der Waals surface area contributed by atoms with Crippen LogP contribution in [0.3, 0.4) is 0 Å². The Morgan fingerprint density at radius 2 is 0.914 bits per heavy atom. The lowest BCUT2D eigenvalue weighted by atomic mass is 10.0. The summed E-state index contributed by atoms with van der Waals surface area (Å²) < 4.78 is 0. The summed E-state index contributed by atoms with van der Waals surface area (Å²) in [5.74, 6) is 0.263. The molecule has 3 heteroatoms. The zero-order valence-corrected chi connectivity index (χ0v) is 24.2. The number of unbranched alkanes of at least 4 members (excludes halogenated alkanes) is 22. The molecular weight excluding hydrogens is 430 g/mol. The van der Waals surface area contributed by atoms with Gasteiger partial charge in [-0.2, -0.15) is 0 Å². The number of rotatable bonds is 29. The van der Waals surface area contributed by atoms with Gasteiger partial charge in [-0.25, -0.2) is 0 Å². The van der Waals surface area contributed by atoms with Crippen LogP contribution in [0.1, 0.15) is 187 Å². The fourth-order valence-electron chi connectivity index (χ4n) is 4.92. The fraction of sp³-hybridized carbons (Fsp3) is 0.969. The van der Waals surface area contributed by atoms with Gasteiger partial charge in [0.25, 0.3) is 0 Å². The third kappa shape index (κ3) is 29.5. The molecule has 0 fully saturated rings. The van der Waals surface area contributed by atoms with E-state index in [-0.39, 0.29) is 12.0 Å². The molecular formula is C32H65NO2. The molecule has 0 rings (SSSR count). The highest BCUT2D eigenvalue weighted by Gasteiger charge is 2.01. The van der Waals surface area contributed by atoms with Gasteiger partial charge in [0.05, 0.1) is 6.10 Å². The molecule has 0 aromatic heterocycles. The lowest BCUT2D eigenvalue weighted by molar-refractivity contribution is -0.121. The second-order valence-electron chi connectivity index (χ2n) is 11.1. The molecule has 0 saturated carbocycles. The molecule has 3 nitrogen and oxygen atoms in total. The Balaban J connectivity index is 3.15. The van der Waals surface area contributed by atoms with Crippen molar-refractivity contribution in [3.63, 3.8) is 0 Å². The molecule has 0 aromatic carbocycles. The normalized spacial score (nSPS) is 12.2. The van der Waals surface area contributed by atoms with Crippen LogP contribution in [0.5, 0.6) is 0 Å². The molecule has 0 spiro atoms. The van der Waals surface area contributed by atoms with Crippen LogP contribution in [0.4, 0.5) is 0 Å². The Hall–Kier alpha value is -0.570. The van der Waals surface area contributed by atoms with Crippen molar-refractivity contribution in [1.29, 1.82) is 0 Å². The van der Waals surface area contributed by atoms with Crippen LogP contribution in [-0.2, 0) is 4.79 Å². The van der Waals surface area contributed by atoms with Crippen molar-refractivity contribution in [2.45, 2.75) is 193 Å². The molecule has 0 aromatic rings. The lowest BCUT2D eigenvalue weighted by Crippen LogP contribution is -2.23. The third-order valence-electron chi connectivity index (χ3n) is 7.51. The van der Waals surface area contributed by atoms with E-state index in [1.54, 1.807) is 0 Å². The summed E-state index contributed by atoms with van der Waals surface area (Å²) in [6, 6.07) is 0. The van der Waals surface area contributed by atoms with Crippen molar-refractivity contribution in [1.82, 2.24) is 5.32 Å². The second kappa shape index (κ2) is 29.7. The smallest absolute Gasteiger partial charge is 0.219 e. The first-order chi connectivity index (χ1) is 17.2. The highest BCUT2D eigenvalue weighted by Crippen LogP contribution is 2.14. The number of hydrogen-bond acceptors (Lipinski definition) is 2. The molecule has 0 saturated heterocycles. The van der Waals surface area contributed by atoms with E-state index in [4.69, 9.17) is 0 Å². The van der Waals surface area contributed by atoms with E-state index in [0.29, 0.717) is 0 Å². The number of carbonyl (C=O) groups is 1. The summed E-state index contributed by atoms with van der Waals surface area (Å²) >= 11 is 0. The van der Waals surface area contributed by atoms with E-state index in [2.05, 4.69) is 19.2 Å². The van der Waals surface area contributed by atoms with Crippen LogP contribution in [0, 0.1) is 0 Å². The first-order valence-electron chi connectivity index (χ1n) is 16.2. The molecule has 0 aliphatic rings. The molecule has 0 radical (unpaired) electrons. The Morgan fingerprint density at radius 1 is 0.543 bits per heavy atom. The zero-order valence-electron chi connectivity index (χ0n) is 24.2. The number of hydrogen-bond donors (Lipinski definition) is 2. The van der Waals surface area contributed by atoms with Gasteiger partial charge in [-0.3, -0.25) is 4.79 Å². The fourth-order valence-corrected chi connectivity index (χ4v) is 4.92. The van der Waals surface area contributed by atoms with E-state index in [0.717, 1.165) is 38.6 Å². The number of amides is 1. The molecule has 1 atom stereocenters. The van der Waals surface area contributed by atoms with Gasteiger partial charge in [0.2, 0.25) is 5.91 Å². The van der Waals surface area contributed by atoms with Crippen LogP contribution in [0.2, 0.25) is 0 Å². The molecule has 2 N–H and O–H groups in total. The molecule has 1 amide bonds. The Kier molecular flexibility index (Phi) is 29.2. The minimum absolute atomic E-state index is 0.0715. The zero-order chi connectivity index (χ0) is 25.7. The molecule has 210 valence electrons. The summed E-state index contributed by atoms with van der Waals surface area (Å²) in [6.07, 6.45) is 34.4. The summed E-state index contributed by atoms with van der Waals surface area (Å²) in [7, 11) is 0. The van der Waals surface area contributed by atoms with Gasteiger partial charge in [0.1, 0.15) is 0 Å². The largest absolute Gasteiger partial charge is 0.393 e. The molecule has 0 aliphatic carbocycles. The Labute approximate surface area is 221 Å². The van der Waals surface area contributed by atoms with Gasteiger partial charge in [-0.1, -0.05) is 155 Å². The maximum Gasteiger partial charge on any atom is 0.219 e. The SMILES string of the molecule is CCCCCCCCCCCCCC(=O)NCCCCCCCCCCCCCCCC(O)CC. The van der Waals surface area contributed by atoms with E-state index >= 15 is 0 Å². The Bertz CT molecular complexity index is 412. The van der Waals surface area contributed by atoms with Crippen molar-refractivity contribution < 1.29 is 9.90 Å². The van der Waals surface area contributed by atoms with Crippen molar-refractivity contribution in [2.24, 2.45) is 0 Å². The predicted molar refractivity (Wildman–Crippen MR) is 155 cm³/mol. The maximum atomic E-state index is 12.0. The summed E-state index contributed by atoms with van der Waals surface area (Å²) in [4.78, 5) is 12.0. The summed E-state index contributed by atoms with van der Waals surface area (Å²) in [5, 5.41) is 12.7. The minimum Gasteiger partial charge on any atom is -0.393 e. The third-order valence-corrected chi connectivity index (χ3v) is 7.51. The number of aliphatic hydroxyl groups excluding tert-OH is 1. The number of nitrogens with one attached hydrogen (secondary N) is 1. The van der Waals surface area contributed by atoms with Crippen molar-refractivity contribution >= 4 is 5.91 Å².